The number of carbonyl (C=O) groups excluding carboxylic acids is 1. The van der Waals surface area contributed by atoms with Gasteiger partial charge in [-0.15, -0.1) is 0 Å². The highest BCUT2D eigenvalue weighted by molar-refractivity contribution is 5.93. The molecule has 1 unspecified atom stereocenters. The number of hydrogen-bond acceptors (Lipinski definition) is 5. The molecule has 120 valence electrons. The third-order valence-electron chi connectivity index (χ3n) is 4.62. The molecule has 2 saturated heterocycles. The molecule has 2 fully saturated rings. The lowest BCUT2D eigenvalue weighted by molar-refractivity contribution is 0.0682. The summed E-state index contributed by atoms with van der Waals surface area (Å²) in [7, 11) is 2.12. The lowest BCUT2D eigenvalue weighted by Crippen LogP contribution is -2.45. The Bertz CT molecular complexity index is 510. The van der Waals surface area contributed by atoms with E-state index in [4.69, 9.17) is 0 Å². The Labute approximate surface area is 132 Å². The molecule has 1 atom stereocenters. The van der Waals surface area contributed by atoms with Gasteiger partial charge in [-0.2, -0.15) is 0 Å². The van der Waals surface area contributed by atoms with Gasteiger partial charge in [0.2, 0.25) is 5.95 Å². The molecule has 3 heterocycles. The SMILES string of the molecule is CC1CCCN(C(=O)c2cnc(N3CCN(C)CC3)nc2)C1. The van der Waals surface area contributed by atoms with E-state index >= 15 is 0 Å². The number of aromatic nitrogens is 2. The van der Waals surface area contributed by atoms with Crippen LogP contribution in [0, 0.1) is 5.92 Å². The minimum absolute atomic E-state index is 0.0662. The molecule has 0 N–H and O–H groups in total. The summed E-state index contributed by atoms with van der Waals surface area (Å²) in [5.41, 5.74) is 0.604. The zero-order valence-corrected chi connectivity index (χ0v) is 13.5. The summed E-state index contributed by atoms with van der Waals surface area (Å²) in [6.45, 7) is 7.82. The Balaban J connectivity index is 1.64. The van der Waals surface area contributed by atoms with Gasteiger partial charge in [0.05, 0.1) is 5.56 Å². The monoisotopic (exact) mass is 303 g/mol. The standard InChI is InChI=1S/C16H25N5O/c1-13-4-3-5-21(12-13)15(22)14-10-17-16(18-11-14)20-8-6-19(2)7-9-20/h10-11,13H,3-9,12H2,1-2H3. The van der Waals surface area contributed by atoms with Crippen LogP contribution in [0.3, 0.4) is 0 Å². The first kappa shape index (κ1) is 15.2. The van der Waals surface area contributed by atoms with Crippen molar-refractivity contribution >= 4 is 11.9 Å². The molecule has 0 aliphatic carbocycles. The van der Waals surface area contributed by atoms with Gasteiger partial charge < -0.3 is 14.7 Å². The van der Waals surface area contributed by atoms with Crippen molar-refractivity contribution in [3.05, 3.63) is 18.0 Å². The number of hydrogen-bond donors (Lipinski definition) is 0. The van der Waals surface area contributed by atoms with Crippen molar-refractivity contribution in [3.8, 4) is 0 Å². The molecular weight excluding hydrogens is 278 g/mol. The number of piperidine rings is 1. The second-order valence-corrected chi connectivity index (χ2v) is 6.56. The van der Waals surface area contributed by atoms with E-state index in [0.29, 0.717) is 11.5 Å². The van der Waals surface area contributed by atoms with Gasteiger partial charge in [-0.3, -0.25) is 4.79 Å². The molecule has 0 saturated carbocycles. The quantitative estimate of drug-likeness (QED) is 0.819. The molecule has 2 aliphatic rings. The molecule has 0 bridgehead atoms. The fraction of sp³-hybridized carbons (Fsp3) is 0.688. The molecule has 0 aromatic carbocycles. The van der Waals surface area contributed by atoms with E-state index in [1.807, 2.05) is 4.90 Å². The van der Waals surface area contributed by atoms with Crippen LogP contribution in [0.4, 0.5) is 5.95 Å². The van der Waals surface area contributed by atoms with Crippen LogP contribution in [-0.2, 0) is 0 Å². The van der Waals surface area contributed by atoms with Gasteiger partial charge >= 0.3 is 0 Å². The molecule has 6 nitrogen and oxygen atoms in total. The van der Waals surface area contributed by atoms with E-state index in [2.05, 4.69) is 33.7 Å². The summed E-state index contributed by atoms with van der Waals surface area (Å²) >= 11 is 0. The molecule has 2 aliphatic heterocycles. The Morgan fingerprint density at radius 3 is 2.45 bits per heavy atom. The van der Waals surface area contributed by atoms with Gasteiger partial charge in [-0.25, -0.2) is 9.97 Å². The second-order valence-electron chi connectivity index (χ2n) is 6.56. The van der Waals surface area contributed by atoms with Crippen LogP contribution < -0.4 is 4.90 Å². The molecule has 1 amide bonds. The molecule has 22 heavy (non-hydrogen) atoms. The number of amides is 1. The third kappa shape index (κ3) is 3.38. The van der Waals surface area contributed by atoms with Crippen molar-refractivity contribution in [1.82, 2.24) is 19.8 Å². The number of likely N-dealkylation sites (N-methyl/N-ethyl adjacent to an activating group) is 1. The molecular formula is C16H25N5O. The molecule has 3 rings (SSSR count). The van der Waals surface area contributed by atoms with Crippen molar-refractivity contribution < 1.29 is 4.79 Å². The summed E-state index contributed by atoms with van der Waals surface area (Å²) in [6, 6.07) is 0. The lowest BCUT2D eigenvalue weighted by atomic mass is 10.00. The third-order valence-corrected chi connectivity index (χ3v) is 4.62. The summed E-state index contributed by atoms with van der Waals surface area (Å²) < 4.78 is 0. The number of likely N-dealkylation sites (tertiary alicyclic amines) is 1. The number of piperazine rings is 1. The highest BCUT2D eigenvalue weighted by Gasteiger charge is 2.23. The average molecular weight is 303 g/mol. The van der Waals surface area contributed by atoms with E-state index in [1.54, 1.807) is 12.4 Å². The molecule has 1 aromatic heterocycles. The van der Waals surface area contributed by atoms with Crippen molar-refractivity contribution in [3.63, 3.8) is 0 Å². The topological polar surface area (TPSA) is 52.6 Å². The van der Waals surface area contributed by atoms with E-state index in [0.717, 1.165) is 51.6 Å². The fourth-order valence-corrected chi connectivity index (χ4v) is 3.16. The number of anilines is 1. The number of nitrogens with zero attached hydrogens (tertiary/aromatic N) is 5. The molecule has 6 heteroatoms. The van der Waals surface area contributed by atoms with E-state index < -0.39 is 0 Å². The summed E-state index contributed by atoms with van der Waals surface area (Å²) in [4.78, 5) is 27.7. The van der Waals surface area contributed by atoms with Crippen LogP contribution in [0.5, 0.6) is 0 Å². The zero-order valence-electron chi connectivity index (χ0n) is 13.5. The minimum Gasteiger partial charge on any atom is -0.338 e. The van der Waals surface area contributed by atoms with E-state index in [-0.39, 0.29) is 5.91 Å². The maximum Gasteiger partial charge on any atom is 0.257 e. The zero-order chi connectivity index (χ0) is 15.5. The fourth-order valence-electron chi connectivity index (χ4n) is 3.16. The average Bonchev–Trinajstić information content (AvgIpc) is 2.55. The van der Waals surface area contributed by atoms with E-state index in [9.17, 15) is 4.79 Å². The Hall–Kier alpha value is -1.69. The number of carbonyl (C=O) groups is 1. The van der Waals surface area contributed by atoms with Gasteiger partial charge in [0.15, 0.2) is 0 Å². The second kappa shape index (κ2) is 6.60. The van der Waals surface area contributed by atoms with Crippen LogP contribution >= 0.6 is 0 Å². The van der Waals surface area contributed by atoms with Crippen molar-refractivity contribution in [2.45, 2.75) is 19.8 Å². The first-order valence-electron chi connectivity index (χ1n) is 8.18. The highest BCUT2D eigenvalue weighted by atomic mass is 16.2. The summed E-state index contributed by atoms with van der Waals surface area (Å²) in [5.74, 6) is 1.39. The first-order valence-corrected chi connectivity index (χ1v) is 8.18. The highest BCUT2D eigenvalue weighted by Crippen LogP contribution is 2.18. The molecule has 0 spiro atoms. The van der Waals surface area contributed by atoms with Crippen molar-refractivity contribution in [1.29, 1.82) is 0 Å². The van der Waals surface area contributed by atoms with Gasteiger partial charge in [-0.05, 0) is 25.8 Å². The summed E-state index contributed by atoms with van der Waals surface area (Å²) in [5, 5.41) is 0. The summed E-state index contributed by atoms with van der Waals surface area (Å²) in [6.07, 6.45) is 5.67. The largest absolute Gasteiger partial charge is 0.338 e. The predicted octanol–water partition coefficient (Wildman–Crippen LogP) is 1.10. The first-order chi connectivity index (χ1) is 10.6. The van der Waals surface area contributed by atoms with Crippen LogP contribution in [0.25, 0.3) is 0 Å². The van der Waals surface area contributed by atoms with Crippen LogP contribution in [0.2, 0.25) is 0 Å². The minimum atomic E-state index is 0.0662. The van der Waals surface area contributed by atoms with Crippen LogP contribution in [0.15, 0.2) is 12.4 Å². The van der Waals surface area contributed by atoms with Crippen LogP contribution in [0.1, 0.15) is 30.1 Å². The molecule has 1 aromatic rings. The van der Waals surface area contributed by atoms with Gasteiger partial charge in [-0.1, -0.05) is 6.92 Å². The van der Waals surface area contributed by atoms with E-state index in [1.165, 1.54) is 6.42 Å². The molecule has 0 radical (unpaired) electrons. The van der Waals surface area contributed by atoms with Crippen LogP contribution in [-0.4, -0.2) is 72.0 Å². The Kier molecular flexibility index (Phi) is 4.57. The van der Waals surface area contributed by atoms with Gasteiger partial charge in [0.25, 0.3) is 5.91 Å². The van der Waals surface area contributed by atoms with Crippen molar-refractivity contribution in [2.75, 3.05) is 51.2 Å². The predicted molar refractivity (Wildman–Crippen MR) is 86.0 cm³/mol. The smallest absolute Gasteiger partial charge is 0.257 e. The maximum atomic E-state index is 12.5. The Morgan fingerprint density at radius 1 is 1.14 bits per heavy atom. The van der Waals surface area contributed by atoms with Crippen molar-refractivity contribution in [2.24, 2.45) is 5.92 Å². The maximum absolute atomic E-state index is 12.5. The normalized spacial score (nSPS) is 23.6. The van der Waals surface area contributed by atoms with Gasteiger partial charge in [0.1, 0.15) is 0 Å². The lowest BCUT2D eigenvalue weighted by Gasteiger charge is -2.32. The van der Waals surface area contributed by atoms with Gasteiger partial charge in [0, 0.05) is 51.7 Å². The Morgan fingerprint density at radius 2 is 1.82 bits per heavy atom. The number of rotatable bonds is 2.